The van der Waals surface area contributed by atoms with Gasteiger partial charge in [-0.2, -0.15) is 0 Å². The maximum absolute atomic E-state index is 12.0. The molecule has 0 aliphatic carbocycles. The largest absolute Gasteiger partial charge is 0.397 e. The molecule has 1 saturated heterocycles. The van der Waals surface area contributed by atoms with Gasteiger partial charge in [0.15, 0.2) is 0 Å². The van der Waals surface area contributed by atoms with E-state index in [0.717, 1.165) is 35.1 Å². The molecular weight excluding hydrogens is 264 g/mol. The molecule has 1 unspecified atom stereocenters. The molecule has 1 amide bonds. The van der Waals surface area contributed by atoms with Crippen LogP contribution in [0.15, 0.2) is 30.6 Å². The molecule has 21 heavy (non-hydrogen) atoms. The Bertz CT molecular complexity index is 700. The standard InChI is InChI=1S/C16H20N4O/c1-16(15(21)18-2)6-8-20(10-16)13-4-3-11-9-19-7-5-12(11)14(13)17/h3-5,7,9H,6,8,10,17H2,1-2H3,(H,18,21). The summed E-state index contributed by atoms with van der Waals surface area (Å²) in [7, 11) is 1.69. The van der Waals surface area contributed by atoms with E-state index in [2.05, 4.69) is 15.2 Å². The molecule has 5 nitrogen and oxygen atoms in total. The van der Waals surface area contributed by atoms with Gasteiger partial charge in [-0.25, -0.2) is 0 Å². The van der Waals surface area contributed by atoms with Crippen molar-refractivity contribution >= 4 is 28.1 Å². The zero-order valence-corrected chi connectivity index (χ0v) is 12.4. The van der Waals surface area contributed by atoms with Crippen molar-refractivity contribution in [3.05, 3.63) is 30.6 Å². The van der Waals surface area contributed by atoms with Crippen molar-refractivity contribution in [1.29, 1.82) is 0 Å². The average molecular weight is 284 g/mol. The van der Waals surface area contributed by atoms with Gasteiger partial charge in [0, 0.05) is 43.3 Å². The number of benzene rings is 1. The Morgan fingerprint density at radius 3 is 3.00 bits per heavy atom. The fraction of sp³-hybridized carbons (Fsp3) is 0.375. The quantitative estimate of drug-likeness (QED) is 0.825. The lowest BCUT2D eigenvalue weighted by Crippen LogP contribution is -2.39. The van der Waals surface area contributed by atoms with Crippen molar-refractivity contribution in [2.75, 3.05) is 30.8 Å². The Balaban J connectivity index is 1.96. The van der Waals surface area contributed by atoms with Gasteiger partial charge in [0.2, 0.25) is 5.91 Å². The third-order valence-corrected chi connectivity index (χ3v) is 4.43. The van der Waals surface area contributed by atoms with Crippen LogP contribution in [0.3, 0.4) is 0 Å². The summed E-state index contributed by atoms with van der Waals surface area (Å²) in [6.45, 7) is 3.53. The Labute approximate surface area is 124 Å². The van der Waals surface area contributed by atoms with Crippen LogP contribution in [0.25, 0.3) is 10.8 Å². The number of fused-ring (bicyclic) bond motifs is 1. The topological polar surface area (TPSA) is 71.2 Å². The number of nitrogens with one attached hydrogen (secondary N) is 1. The van der Waals surface area contributed by atoms with E-state index in [1.807, 2.05) is 31.3 Å². The number of carbonyl (C=O) groups excluding carboxylic acids is 1. The van der Waals surface area contributed by atoms with Crippen LogP contribution in [-0.2, 0) is 4.79 Å². The molecule has 5 heteroatoms. The van der Waals surface area contributed by atoms with Gasteiger partial charge >= 0.3 is 0 Å². The molecule has 0 saturated carbocycles. The zero-order valence-electron chi connectivity index (χ0n) is 12.4. The van der Waals surface area contributed by atoms with Crippen molar-refractivity contribution in [3.8, 4) is 0 Å². The first-order chi connectivity index (χ1) is 10.0. The fourth-order valence-corrected chi connectivity index (χ4v) is 3.11. The molecule has 1 aliphatic rings. The number of amides is 1. The molecule has 0 spiro atoms. The molecule has 0 radical (unpaired) electrons. The molecule has 110 valence electrons. The van der Waals surface area contributed by atoms with Crippen LogP contribution in [0.4, 0.5) is 11.4 Å². The monoisotopic (exact) mass is 284 g/mol. The number of nitrogens with zero attached hydrogens (tertiary/aromatic N) is 2. The molecule has 1 fully saturated rings. The summed E-state index contributed by atoms with van der Waals surface area (Å²) in [4.78, 5) is 18.3. The van der Waals surface area contributed by atoms with Crippen molar-refractivity contribution < 1.29 is 4.79 Å². The lowest BCUT2D eigenvalue weighted by molar-refractivity contribution is -0.128. The van der Waals surface area contributed by atoms with Crippen LogP contribution in [0, 0.1) is 5.41 Å². The minimum absolute atomic E-state index is 0.0913. The molecule has 1 atom stereocenters. The summed E-state index contributed by atoms with van der Waals surface area (Å²) >= 11 is 0. The summed E-state index contributed by atoms with van der Waals surface area (Å²) in [5.41, 5.74) is 7.73. The highest BCUT2D eigenvalue weighted by atomic mass is 16.2. The Hall–Kier alpha value is -2.30. The average Bonchev–Trinajstić information content (AvgIpc) is 2.90. The van der Waals surface area contributed by atoms with Gasteiger partial charge in [-0.1, -0.05) is 6.07 Å². The molecule has 3 rings (SSSR count). The van der Waals surface area contributed by atoms with Gasteiger partial charge in [-0.05, 0) is 25.5 Å². The number of nitrogen functional groups attached to an aromatic ring is 1. The summed E-state index contributed by atoms with van der Waals surface area (Å²) in [6.07, 6.45) is 4.40. The first-order valence-corrected chi connectivity index (χ1v) is 7.14. The second-order valence-corrected chi connectivity index (χ2v) is 5.91. The van der Waals surface area contributed by atoms with E-state index in [-0.39, 0.29) is 11.3 Å². The van der Waals surface area contributed by atoms with E-state index in [9.17, 15) is 4.79 Å². The smallest absolute Gasteiger partial charge is 0.227 e. The fourth-order valence-electron chi connectivity index (χ4n) is 3.11. The molecule has 1 aliphatic heterocycles. The molecular formula is C16H20N4O. The summed E-state index contributed by atoms with van der Waals surface area (Å²) in [6, 6.07) is 5.99. The summed E-state index contributed by atoms with van der Waals surface area (Å²) in [5.74, 6) is 0.0913. The SMILES string of the molecule is CNC(=O)C1(C)CCN(c2ccc3cnccc3c2N)C1. The molecule has 3 N–H and O–H groups in total. The van der Waals surface area contributed by atoms with Gasteiger partial charge < -0.3 is 16.0 Å². The molecule has 1 aromatic carbocycles. The maximum Gasteiger partial charge on any atom is 0.227 e. The molecule has 2 aromatic rings. The van der Waals surface area contributed by atoms with Crippen LogP contribution in [0.1, 0.15) is 13.3 Å². The van der Waals surface area contributed by atoms with Crippen LogP contribution >= 0.6 is 0 Å². The number of hydrogen-bond acceptors (Lipinski definition) is 4. The van der Waals surface area contributed by atoms with Crippen molar-refractivity contribution in [2.24, 2.45) is 5.41 Å². The van der Waals surface area contributed by atoms with Gasteiger partial charge in [-0.3, -0.25) is 9.78 Å². The van der Waals surface area contributed by atoms with Crippen molar-refractivity contribution in [3.63, 3.8) is 0 Å². The minimum atomic E-state index is -0.353. The van der Waals surface area contributed by atoms with E-state index < -0.39 is 0 Å². The molecule has 1 aromatic heterocycles. The van der Waals surface area contributed by atoms with E-state index in [4.69, 9.17) is 5.73 Å². The van der Waals surface area contributed by atoms with Gasteiger partial charge in [-0.15, -0.1) is 0 Å². The minimum Gasteiger partial charge on any atom is -0.397 e. The first kappa shape index (κ1) is 13.7. The number of carbonyl (C=O) groups is 1. The van der Waals surface area contributed by atoms with E-state index in [1.165, 1.54) is 0 Å². The van der Waals surface area contributed by atoms with Gasteiger partial charge in [0.05, 0.1) is 16.8 Å². The van der Waals surface area contributed by atoms with Crippen molar-refractivity contribution in [2.45, 2.75) is 13.3 Å². The Morgan fingerprint density at radius 1 is 1.43 bits per heavy atom. The number of anilines is 2. The summed E-state index contributed by atoms with van der Waals surface area (Å²) < 4.78 is 0. The van der Waals surface area contributed by atoms with E-state index in [0.29, 0.717) is 6.54 Å². The number of rotatable bonds is 2. The number of aromatic nitrogens is 1. The lowest BCUT2D eigenvalue weighted by atomic mass is 9.89. The molecule has 0 bridgehead atoms. The second kappa shape index (κ2) is 4.91. The van der Waals surface area contributed by atoms with E-state index in [1.54, 1.807) is 13.2 Å². The highest BCUT2D eigenvalue weighted by Gasteiger charge is 2.40. The predicted octanol–water partition coefficient (Wildman–Crippen LogP) is 1.78. The van der Waals surface area contributed by atoms with E-state index >= 15 is 0 Å². The first-order valence-electron chi connectivity index (χ1n) is 7.14. The van der Waals surface area contributed by atoms with Crippen molar-refractivity contribution in [1.82, 2.24) is 10.3 Å². The Kier molecular flexibility index (Phi) is 3.20. The third-order valence-electron chi connectivity index (χ3n) is 4.43. The highest BCUT2D eigenvalue weighted by Crippen LogP contribution is 2.38. The highest BCUT2D eigenvalue weighted by molar-refractivity contribution is 5.99. The van der Waals surface area contributed by atoms with Crippen LogP contribution < -0.4 is 16.0 Å². The predicted molar refractivity (Wildman–Crippen MR) is 85.2 cm³/mol. The van der Waals surface area contributed by atoms with Crippen LogP contribution in [0.2, 0.25) is 0 Å². The third kappa shape index (κ3) is 2.18. The van der Waals surface area contributed by atoms with Crippen LogP contribution in [-0.4, -0.2) is 31.0 Å². The molecule has 2 heterocycles. The zero-order chi connectivity index (χ0) is 15.0. The summed E-state index contributed by atoms with van der Waals surface area (Å²) in [5, 5.41) is 4.80. The number of hydrogen-bond donors (Lipinski definition) is 2. The number of nitrogens with two attached hydrogens (primary N) is 1. The maximum atomic E-state index is 12.0. The normalized spacial score (nSPS) is 21.7. The lowest BCUT2D eigenvalue weighted by Gasteiger charge is -2.25. The van der Waals surface area contributed by atoms with Gasteiger partial charge in [0.1, 0.15) is 0 Å². The number of pyridine rings is 1. The van der Waals surface area contributed by atoms with Crippen LogP contribution in [0.5, 0.6) is 0 Å². The Morgan fingerprint density at radius 2 is 2.24 bits per heavy atom. The van der Waals surface area contributed by atoms with Gasteiger partial charge in [0.25, 0.3) is 0 Å². The second-order valence-electron chi connectivity index (χ2n) is 5.91.